The van der Waals surface area contributed by atoms with Gasteiger partial charge < -0.3 is 15.7 Å². The van der Waals surface area contributed by atoms with E-state index in [4.69, 9.17) is 15.7 Å². The fourth-order valence-corrected chi connectivity index (χ4v) is 4.23. The molecule has 0 aliphatic carbocycles. The van der Waals surface area contributed by atoms with Gasteiger partial charge in [0.15, 0.2) is 10.9 Å². The molecule has 0 unspecified atom stereocenters. The van der Waals surface area contributed by atoms with Crippen molar-refractivity contribution in [3.05, 3.63) is 60.3 Å². The number of fused-ring (bicyclic) bond motifs is 1. The molecular weight excluding hydrogens is 426 g/mol. The summed E-state index contributed by atoms with van der Waals surface area (Å²) in [5.41, 5.74) is 9.67. The molecule has 164 valence electrons. The zero-order valence-corrected chi connectivity index (χ0v) is 19.6. The zero-order valence-electron chi connectivity index (χ0n) is 17.9. The summed E-state index contributed by atoms with van der Waals surface area (Å²) in [7, 11) is 1.86. The van der Waals surface area contributed by atoms with E-state index >= 15 is 0 Å². The lowest BCUT2D eigenvalue weighted by Gasteiger charge is -2.27. The molecule has 8 heteroatoms. The zero-order chi connectivity index (χ0) is 22.4. The smallest absolute Gasteiger partial charge is 0.196 e. The lowest BCUT2D eigenvalue weighted by atomic mass is 10.1. The quantitative estimate of drug-likeness (QED) is 0.189. The molecule has 3 rings (SSSR count). The standard InChI is InChI=1S/C23H29N5OS2/c1-4-6-8-17(15-29)27(3)22(24)25-19(7-5-2)21-20(16-9-11-18(30)12-10-16)26-23-28(21)13-14-31-23/h5,7,9-14,17,29-30H,2,4,6,8,15H2,1,3H3,(H2,24,25)/b19-7-/t17-/m0/s1. The third-order valence-electron chi connectivity index (χ3n) is 5.17. The summed E-state index contributed by atoms with van der Waals surface area (Å²) in [6, 6.07) is 7.79. The van der Waals surface area contributed by atoms with E-state index in [-0.39, 0.29) is 12.6 Å². The van der Waals surface area contributed by atoms with Crippen molar-refractivity contribution in [1.82, 2.24) is 14.3 Å². The number of hydrogen-bond acceptors (Lipinski definition) is 5. The summed E-state index contributed by atoms with van der Waals surface area (Å²) < 4.78 is 2.02. The van der Waals surface area contributed by atoms with E-state index in [1.54, 1.807) is 17.4 Å². The number of thiol groups is 1. The van der Waals surface area contributed by atoms with Crippen LogP contribution in [0.15, 0.2) is 64.5 Å². The Morgan fingerprint density at radius 1 is 1.42 bits per heavy atom. The fraction of sp³-hybridized carbons (Fsp3) is 0.304. The Morgan fingerprint density at radius 3 is 2.81 bits per heavy atom. The molecule has 0 amide bonds. The summed E-state index contributed by atoms with van der Waals surface area (Å²) in [6.45, 7) is 6.01. The van der Waals surface area contributed by atoms with Crippen molar-refractivity contribution in [3.63, 3.8) is 0 Å². The molecule has 0 aliphatic rings. The number of guanidine groups is 1. The Hall–Kier alpha value is -2.55. The van der Waals surface area contributed by atoms with Gasteiger partial charge in [0.2, 0.25) is 0 Å². The lowest BCUT2D eigenvalue weighted by Crippen LogP contribution is -2.43. The predicted molar refractivity (Wildman–Crippen MR) is 134 cm³/mol. The number of likely N-dealkylation sites (N-methyl/N-ethyl adjacent to an activating group) is 1. The summed E-state index contributed by atoms with van der Waals surface area (Å²) in [4.78, 5) is 13.2. The second-order valence-electron chi connectivity index (χ2n) is 7.26. The number of aliphatic hydroxyl groups is 1. The van der Waals surface area contributed by atoms with Gasteiger partial charge in [-0.15, -0.1) is 24.0 Å². The summed E-state index contributed by atoms with van der Waals surface area (Å²) in [6.07, 6.45) is 8.42. The molecule has 1 aromatic carbocycles. The monoisotopic (exact) mass is 455 g/mol. The molecule has 2 heterocycles. The van der Waals surface area contributed by atoms with Crippen molar-refractivity contribution < 1.29 is 5.11 Å². The van der Waals surface area contributed by atoms with Gasteiger partial charge in [0, 0.05) is 29.1 Å². The number of nitrogens with two attached hydrogens (primary N) is 1. The summed E-state index contributed by atoms with van der Waals surface area (Å²) >= 11 is 5.95. The number of imidazole rings is 1. The van der Waals surface area contributed by atoms with Gasteiger partial charge in [-0.25, -0.2) is 9.98 Å². The molecule has 0 aliphatic heterocycles. The first-order chi connectivity index (χ1) is 15.0. The van der Waals surface area contributed by atoms with Gasteiger partial charge in [-0.05, 0) is 24.6 Å². The van der Waals surface area contributed by atoms with Crippen molar-refractivity contribution in [2.75, 3.05) is 13.7 Å². The molecule has 2 aromatic heterocycles. The second-order valence-corrected chi connectivity index (χ2v) is 8.65. The van der Waals surface area contributed by atoms with Gasteiger partial charge in [0.1, 0.15) is 5.69 Å². The summed E-state index contributed by atoms with van der Waals surface area (Å²) in [5, 5.41) is 11.8. The molecule has 1 atom stereocenters. The van der Waals surface area contributed by atoms with Crippen molar-refractivity contribution in [3.8, 4) is 11.3 Å². The van der Waals surface area contributed by atoms with Gasteiger partial charge in [-0.3, -0.25) is 4.40 Å². The molecule has 0 saturated heterocycles. The fourth-order valence-electron chi connectivity index (χ4n) is 3.37. The minimum Gasteiger partial charge on any atom is -0.394 e. The first kappa shape index (κ1) is 23.1. The maximum Gasteiger partial charge on any atom is 0.196 e. The van der Waals surface area contributed by atoms with Crippen LogP contribution in [0, 0.1) is 0 Å². The van der Waals surface area contributed by atoms with Crippen LogP contribution in [0.2, 0.25) is 0 Å². The average Bonchev–Trinajstić information content (AvgIpc) is 3.35. The number of benzene rings is 1. The van der Waals surface area contributed by atoms with Gasteiger partial charge in [-0.1, -0.05) is 44.6 Å². The van der Waals surface area contributed by atoms with Crippen molar-refractivity contribution in [2.45, 2.75) is 37.1 Å². The van der Waals surface area contributed by atoms with E-state index in [9.17, 15) is 5.11 Å². The predicted octanol–water partition coefficient (Wildman–Crippen LogP) is 4.68. The molecular formula is C23H29N5OS2. The molecule has 0 fully saturated rings. The number of aromatic nitrogens is 2. The first-order valence-electron chi connectivity index (χ1n) is 10.3. The third kappa shape index (κ3) is 5.20. The molecule has 0 radical (unpaired) electrons. The molecule has 0 saturated carbocycles. The lowest BCUT2D eigenvalue weighted by molar-refractivity contribution is 0.186. The largest absolute Gasteiger partial charge is 0.394 e. The maximum atomic E-state index is 9.82. The molecule has 0 spiro atoms. The van der Waals surface area contributed by atoms with E-state index in [1.165, 1.54) is 0 Å². The van der Waals surface area contributed by atoms with Crippen molar-refractivity contribution in [2.24, 2.45) is 10.7 Å². The highest BCUT2D eigenvalue weighted by molar-refractivity contribution is 7.80. The number of thiazole rings is 1. The third-order valence-corrected chi connectivity index (χ3v) is 6.22. The Balaban J connectivity index is 2.07. The Kier molecular flexibility index (Phi) is 7.95. The molecule has 0 bridgehead atoms. The van der Waals surface area contributed by atoms with E-state index < -0.39 is 0 Å². The Bertz CT molecular complexity index is 1080. The van der Waals surface area contributed by atoms with Gasteiger partial charge in [0.05, 0.1) is 24.0 Å². The minimum absolute atomic E-state index is 0.0238. The van der Waals surface area contributed by atoms with Crippen LogP contribution in [-0.2, 0) is 0 Å². The number of allylic oxidation sites excluding steroid dienone is 2. The van der Waals surface area contributed by atoms with E-state index in [2.05, 4.69) is 26.1 Å². The van der Waals surface area contributed by atoms with E-state index in [1.807, 2.05) is 58.3 Å². The highest BCUT2D eigenvalue weighted by atomic mass is 32.1. The number of nitrogens with zero attached hydrogens (tertiary/aromatic N) is 4. The van der Waals surface area contributed by atoms with Crippen molar-refractivity contribution >= 4 is 40.6 Å². The summed E-state index contributed by atoms with van der Waals surface area (Å²) in [5.74, 6) is 0.338. The number of hydrogen-bond donors (Lipinski definition) is 3. The number of unbranched alkanes of at least 4 members (excludes halogenated alkanes) is 1. The molecule has 31 heavy (non-hydrogen) atoms. The normalized spacial score (nSPS) is 13.5. The SMILES string of the molecule is C=C/C=C(\N=C(N)N(C)[C@H](CO)CCCC)c1c(-c2ccc(S)cc2)nc2sccn12. The molecule has 3 aromatic rings. The van der Waals surface area contributed by atoms with Crippen LogP contribution >= 0.6 is 24.0 Å². The maximum absolute atomic E-state index is 9.82. The van der Waals surface area contributed by atoms with E-state index in [0.29, 0.717) is 11.7 Å². The Morgan fingerprint density at radius 2 is 2.16 bits per heavy atom. The van der Waals surface area contributed by atoms with E-state index in [0.717, 1.165) is 46.1 Å². The first-order valence-corrected chi connectivity index (χ1v) is 11.6. The van der Waals surface area contributed by atoms with Crippen LogP contribution < -0.4 is 5.73 Å². The van der Waals surface area contributed by atoms with Crippen LogP contribution in [-0.4, -0.2) is 45.0 Å². The Labute approximate surface area is 192 Å². The highest BCUT2D eigenvalue weighted by Gasteiger charge is 2.20. The van der Waals surface area contributed by atoms with Gasteiger partial charge in [0.25, 0.3) is 0 Å². The van der Waals surface area contributed by atoms with Crippen LogP contribution in [0.5, 0.6) is 0 Å². The highest BCUT2D eigenvalue weighted by Crippen LogP contribution is 2.32. The second kappa shape index (κ2) is 10.7. The van der Waals surface area contributed by atoms with Crippen molar-refractivity contribution in [1.29, 1.82) is 0 Å². The van der Waals surface area contributed by atoms with Crippen LogP contribution in [0.4, 0.5) is 0 Å². The molecule has 6 nitrogen and oxygen atoms in total. The van der Waals surface area contributed by atoms with Gasteiger partial charge in [-0.2, -0.15) is 0 Å². The topological polar surface area (TPSA) is 79.1 Å². The van der Waals surface area contributed by atoms with Crippen LogP contribution in [0.1, 0.15) is 31.9 Å². The number of aliphatic hydroxyl groups excluding tert-OH is 1. The minimum atomic E-state index is -0.0808. The number of aliphatic imine (C=N–C) groups is 1. The van der Waals surface area contributed by atoms with Crippen LogP contribution in [0.25, 0.3) is 21.9 Å². The van der Waals surface area contributed by atoms with Crippen LogP contribution in [0.3, 0.4) is 0 Å². The van der Waals surface area contributed by atoms with Gasteiger partial charge >= 0.3 is 0 Å². The number of rotatable bonds is 9. The average molecular weight is 456 g/mol. The molecule has 3 N–H and O–H groups in total.